The number of hydrogen-bond acceptors (Lipinski definition) is 3. The number of hydrogen-bond donors (Lipinski definition) is 1. The van der Waals surface area contributed by atoms with Gasteiger partial charge in [-0.05, 0) is 30.5 Å². The van der Waals surface area contributed by atoms with Crippen molar-refractivity contribution >= 4 is 5.69 Å². The Kier molecular flexibility index (Phi) is 4.09. The zero-order chi connectivity index (χ0) is 11.3. The van der Waals surface area contributed by atoms with Gasteiger partial charge >= 0.3 is 0 Å². The fraction of sp³-hybridized carbons (Fsp3) is 0.583. The second-order valence-electron chi connectivity index (χ2n) is 4.76. The fourth-order valence-corrected chi connectivity index (χ4v) is 1.80. The number of aromatic nitrogens is 1. The third kappa shape index (κ3) is 3.88. The van der Waals surface area contributed by atoms with Gasteiger partial charge in [0.05, 0.1) is 0 Å². The highest BCUT2D eigenvalue weighted by molar-refractivity contribution is 5.43. The van der Waals surface area contributed by atoms with E-state index in [-0.39, 0.29) is 5.41 Å². The van der Waals surface area contributed by atoms with E-state index in [9.17, 15) is 0 Å². The Morgan fingerprint density at radius 1 is 1.33 bits per heavy atom. The van der Waals surface area contributed by atoms with Gasteiger partial charge in [0.15, 0.2) is 0 Å². The molecular formula is C12H21N3. The van der Waals surface area contributed by atoms with Crippen LogP contribution in [-0.2, 0) is 0 Å². The molecule has 0 saturated carbocycles. The molecule has 15 heavy (non-hydrogen) atoms. The molecule has 3 nitrogen and oxygen atoms in total. The molecule has 0 aliphatic heterocycles. The maximum absolute atomic E-state index is 5.60. The van der Waals surface area contributed by atoms with Crippen molar-refractivity contribution in [1.29, 1.82) is 0 Å². The highest BCUT2D eigenvalue weighted by Crippen LogP contribution is 2.23. The van der Waals surface area contributed by atoms with Gasteiger partial charge in [-0.15, -0.1) is 0 Å². The van der Waals surface area contributed by atoms with Crippen molar-refractivity contribution in [3.8, 4) is 0 Å². The molecule has 0 aliphatic rings. The topological polar surface area (TPSA) is 42.1 Å². The summed E-state index contributed by atoms with van der Waals surface area (Å²) in [5, 5.41) is 0. The van der Waals surface area contributed by atoms with Crippen LogP contribution in [0.1, 0.15) is 20.3 Å². The fourth-order valence-electron chi connectivity index (χ4n) is 1.80. The molecule has 0 atom stereocenters. The van der Waals surface area contributed by atoms with Crippen molar-refractivity contribution in [3.63, 3.8) is 0 Å². The first-order valence-corrected chi connectivity index (χ1v) is 5.36. The Labute approximate surface area is 92.3 Å². The predicted octanol–water partition coefficient (Wildman–Crippen LogP) is 1.89. The summed E-state index contributed by atoms with van der Waals surface area (Å²) in [6.45, 7) is 6.25. The van der Waals surface area contributed by atoms with E-state index in [1.807, 2.05) is 24.5 Å². The van der Waals surface area contributed by atoms with Crippen LogP contribution in [0.2, 0.25) is 0 Å². The number of nitrogens with two attached hydrogens (primary N) is 1. The lowest BCUT2D eigenvalue weighted by Crippen LogP contribution is -2.32. The molecule has 1 aromatic heterocycles. The van der Waals surface area contributed by atoms with Crippen LogP contribution in [-0.4, -0.2) is 25.1 Å². The van der Waals surface area contributed by atoms with Gasteiger partial charge in [0, 0.05) is 31.7 Å². The van der Waals surface area contributed by atoms with Crippen LogP contribution in [0.4, 0.5) is 5.69 Å². The van der Waals surface area contributed by atoms with Crippen LogP contribution < -0.4 is 10.6 Å². The van der Waals surface area contributed by atoms with Crippen molar-refractivity contribution in [3.05, 3.63) is 24.5 Å². The summed E-state index contributed by atoms with van der Waals surface area (Å²) in [5.41, 5.74) is 7.06. The summed E-state index contributed by atoms with van der Waals surface area (Å²) in [6, 6.07) is 4.05. The second kappa shape index (κ2) is 5.12. The van der Waals surface area contributed by atoms with Crippen molar-refractivity contribution < 1.29 is 0 Å². The lowest BCUT2D eigenvalue weighted by Gasteiger charge is -2.31. The molecule has 0 radical (unpaired) electrons. The third-order valence-corrected chi connectivity index (χ3v) is 2.59. The SMILES string of the molecule is CN(CC(C)(C)CCN)c1ccncc1. The Morgan fingerprint density at radius 3 is 2.47 bits per heavy atom. The molecule has 0 unspecified atom stereocenters. The highest BCUT2D eigenvalue weighted by atomic mass is 15.1. The Hall–Kier alpha value is -1.09. The summed E-state index contributed by atoms with van der Waals surface area (Å²) in [4.78, 5) is 6.26. The van der Waals surface area contributed by atoms with Crippen LogP contribution in [0.3, 0.4) is 0 Å². The van der Waals surface area contributed by atoms with Crippen molar-refractivity contribution in [1.82, 2.24) is 4.98 Å². The minimum absolute atomic E-state index is 0.257. The van der Waals surface area contributed by atoms with Gasteiger partial charge in [-0.2, -0.15) is 0 Å². The van der Waals surface area contributed by atoms with Crippen molar-refractivity contribution in [2.45, 2.75) is 20.3 Å². The van der Waals surface area contributed by atoms with Gasteiger partial charge < -0.3 is 10.6 Å². The van der Waals surface area contributed by atoms with E-state index in [4.69, 9.17) is 5.73 Å². The van der Waals surface area contributed by atoms with E-state index in [0.29, 0.717) is 0 Å². The van der Waals surface area contributed by atoms with Crippen LogP contribution in [0.5, 0.6) is 0 Å². The zero-order valence-electron chi connectivity index (χ0n) is 9.90. The normalized spacial score (nSPS) is 11.5. The van der Waals surface area contributed by atoms with Gasteiger partial charge in [-0.25, -0.2) is 0 Å². The predicted molar refractivity (Wildman–Crippen MR) is 65.0 cm³/mol. The molecule has 84 valence electrons. The molecule has 1 rings (SSSR count). The molecule has 0 spiro atoms. The van der Waals surface area contributed by atoms with Crippen LogP contribution in [0, 0.1) is 5.41 Å². The molecule has 0 amide bonds. The monoisotopic (exact) mass is 207 g/mol. The molecule has 0 bridgehead atoms. The number of anilines is 1. The first kappa shape index (κ1) is 12.0. The zero-order valence-corrected chi connectivity index (χ0v) is 9.90. The second-order valence-corrected chi connectivity index (χ2v) is 4.76. The minimum atomic E-state index is 0.257. The standard InChI is InChI=1S/C12H21N3/c1-12(2,6-7-13)10-15(3)11-4-8-14-9-5-11/h4-5,8-9H,6-7,10,13H2,1-3H3. The molecule has 0 aliphatic carbocycles. The van der Waals surface area contributed by atoms with E-state index < -0.39 is 0 Å². The van der Waals surface area contributed by atoms with Gasteiger partial charge in [0.25, 0.3) is 0 Å². The quantitative estimate of drug-likeness (QED) is 0.801. The maximum atomic E-state index is 5.60. The van der Waals surface area contributed by atoms with E-state index in [1.165, 1.54) is 5.69 Å². The molecule has 0 fully saturated rings. The summed E-state index contributed by atoms with van der Waals surface area (Å²) in [5.74, 6) is 0. The Bertz CT molecular complexity index is 282. The third-order valence-electron chi connectivity index (χ3n) is 2.59. The average Bonchev–Trinajstić information content (AvgIpc) is 2.18. The van der Waals surface area contributed by atoms with Crippen molar-refractivity contribution in [2.24, 2.45) is 11.1 Å². The summed E-state index contributed by atoms with van der Waals surface area (Å²) in [6.07, 6.45) is 4.69. The van der Waals surface area contributed by atoms with Gasteiger partial charge in [-0.3, -0.25) is 4.98 Å². The Morgan fingerprint density at radius 2 is 1.93 bits per heavy atom. The number of pyridine rings is 1. The van der Waals surface area contributed by atoms with E-state index in [2.05, 4.69) is 30.8 Å². The first-order valence-electron chi connectivity index (χ1n) is 5.36. The molecule has 1 heterocycles. The smallest absolute Gasteiger partial charge is 0.0394 e. The van der Waals surface area contributed by atoms with Gasteiger partial charge in [-0.1, -0.05) is 13.8 Å². The van der Waals surface area contributed by atoms with Crippen LogP contribution in [0.15, 0.2) is 24.5 Å². The molecule has 1 aromatic rings. The molecule has 0 aromatic carbocycles. The summed E-state index contributed by atoms with van der Waals surface area (Å²) < 4.78 is 0. The lowest BCUT2D eigenvalue weighted by atomic mass is 9.89. The number of nitrogens with zero attached hydrogens (tertiary/aromatic N) is 2. The largest absolute Gasteiger partial charge is 0.374 e. The summed E-state index contributed by atoms with van der Waals surface area (Å²) >= 11 is 0. The lowest BCUT2D eigenvalue weighted by molar-refractivity contribution is 0.347. The first-order chi connectivity index (χ1) is 7.05. The van der Waals surface area contributed by atoms with E-state index in [0.717, 1.165) is 19.5 Å². The highest BCUT2D eigenvalue weighted by Gasteiger charge is 2.19. The van der Waals surface area contributed by atoms with Crippen LogP contribution >= 0.6 is 0 Å². The van der Waals surface area contributed by atoms with Gasteiger partial charge in [0.1, 0.15) is 0 Å². The molecule has 3 heteroatoms. The maximum Gasteiger partial charge on any atom is 0.0394 e. The van der Waals surface area contributed by atoms with E-state index >= 15 is 0 Å². The molecule has 2 N–H and O–H groups in total. The van der Waals surface area contributed by atoms with Crippen LogP contribution in [0.25, 0.3) is 0 Å². The molecular weight excluding hydrogens is 186 g/mol. The summed E-state index contributed by atoms with van der Waals surface area (Å²) in [7, 11) is 2.10. The average molecular weight is 207 g/mol. The number of rotatable bonds is 5. The van der Waals surface area contributed by atoms with Gasteiger partial charge in [0.2, 0.25) is 0 Å². The van der Waals surface area contributed by atoms with Crippen molar-refractivity contribution in [2.75, 3.05) is 25.0 Å². The van der Waals surface area contributed by atoms with E-state index in [1.54, 1.807) is 0 Å². The Balaban J connectivity index is 2.59. The molecule has 0 saturated heterocycles. The minimum Gasteiger partial charge on any atom is -0.374 e.